The van der Waals surface area contributed by atoms with Crippen molar-refractivity contribution in [3.8, 4) is 0 Å². The third-order valence-electron chi connectivity index (χ3n) is 3.94. The summed E-state index contributed by atoms with van der Waals surface area (Å²) in [6.07, 6.45) is 12.7. The molecule has 2 aliphatic heterocycles. The van der Waals surface area contributed by atoms with Crippen LogP contribution >= 0.6 is 0 Å². The molecule has 17 heavy (non-hydrogen) atoms. The van der Waals surface area contributed by atoms with Gasteiger partial charge >= 0.3 is 0 Å². The zero-order chi connectivity index (χ0) is 12.1. The number of rotatable bonds is 6. The largest absolute Gasteiger partial charge is 0.387 e. The van der Waals surface area contributed by atoms with E-state index in [1.165, 1.54) is 56.3 Å². The molecule has 1 N–H and O–H groups in total. The zero-order valence-corrected chi connectivity index (χ0v) is 11.4. The monoisotopic (exact) mass is 234 g/mol. The van der Waals surface area contributed by atoms with Gasteiger partial charge in [-0.2, -0.15) is 0 Å². The van der Waals surface area contributed by atoms with Gasteiger partial charge in [0.1, 0.15) is 0 Å². The van der Waals surface area contributed by atoms with Gasteiger partial charge in [-0.05, 0) is 25.7 Å². The number of fused-ring (bicyclic) bond motifs is 2. The maximum atomic E-state index is 3.66. The van der Waals surface area contributed by atoms with Crippen molar-refractivity contribution in [2.45, 2.75) is 58.3 Å². The van der Waals surface area contributed by atoms with Gasteiger partial charge in [0.2, 0.25) is 0 Å². The minimum Gasteiger partial charge on any atom is -0.387 e. The maximum Gasteiger partial charge on any atom is 0.0368 e. The lowest BCUT2D eigenvalue weighted by atomic mass is 9.96. The van der Waals surface area contributed by atoms with Crippen LogP contribution in [0.15, 0.2) is 23.2 Å². The van der Waals surface area contributed by atoms with Crippen molar-refractivity contribution < 1.29 is 0 Å². The van der Waals surface area contributed by atoms with Crippen molar-refractivity contribution >= 4 is 0 Å². The highest BCUT2D eigenvalue weighted by Gasteiger charge is 2.22. The van der Waals surface area contributed by atoms with E-state index in [1.54, 1.807) is 5.70 Å². The molecule has 0 atom stereocenters. The van der Waals surface area contributed by atoms with Crippen LogP contribution in [0.2, 0.25) is 0 Å². The summed E-state index contributed by atoms with van der Waals surface area (Å²) >= 11 is 0. The van der Waals surface area contributed by atoms with Gasteiger partial charge in [0.15, 0.2) is 0 Å². The number of hydrogen-bond donors (Lipinski definition) is 1. The lowest BCUT2D eigenvalue weighted by Gasteiger charge is -2.36. The van der Waals surface area contributed by atoms with E-state index in [1.807, 2.05) is 0 Å². The highest BCUT2D eigenvalue weighted by molar-refractivity contribution is 5.28. The molecule has 2 nitrogen and oxygen atoms in total. The topological polar surface area (TPSA) is 15.3 Å². The average Bonchev–Trinajstić information content (AvgIpc) is 2.31. The van der Waals surface area contributed by atoms with Crippen LogP contribution in [0.25, 0.3) is 0 Å². The summed E-state index contributed by atoms with van der Waals surface area (Å²) in [4.78, 5) is 2.40. The Kier molecular flexibility index (Phi) is 4.52. The maximum absolute atomic E-state index is 3.66. The van der Waals surface area contributed by atoms with E-state index in [-0.39, 0.29) is 0 Å². The Morgan fingerprint density at radius 2 is 2.12 bits per heavy atom. The van der Waals surface area contributed by atoms with Crippen molar-refractivity contribution in [2.75, 3.05) is 13.6 Å². The first-order valence-corrected chi connectivity index (χ1v) is 7.21. The van der Waals surface area contributed by atoms with Gasteiger partial charge in [0.05, 0.1) is 0 Å². The standard InChI is InChI=1S/C15H26N2/c1-3-4-5-6-12-16-14-11-10-13-8-7-9-15(14)17(13)2/h10,16H,3-9,11-12H2,1-2H3. The van der Waals surface area contributed by atoms with Gasteiger partial charge in [-0.15, -0.1) is 0 Å². The molecule has 2 aliphatic rings. The Morgan fingerprint density at radius 1 is 1.24 bits per heavy atom. The second kappa shape index (κ2) is 6.13. The van der Waals surface area contributed by atoms with Crippen molar-refractivity contribution in [3.63, 3.8) is 0 Å². The molecule has 0 radical (unpaired) electrons. The van der Waals surface area contributed by atoms with Crippen LogP contribution < -0.4 is 5.32 Å². The molecule has 96 valence electrons. The lowest BCUT2D eigenvalue weighted by Crippen LogP contribution is -2.30. The number of nitrogens with one attached hydrogen (secondary N) is 1. The van der Waals surface area contributed by atoms with Gasteiger partial charge in [-0.3, -0.25) is 0 Å². The molecule has 0 aromatic heterocycles. The number of unbranched alkanes of at least 4 members (excludes halogenated alkanes) is 3. The van der Waals surface area contributed by atoms with Gasteiger partial charge < -0.3 is 10.2 Å². The number of piperidine rings is 1. The summed E-state index contributed by atoms with van der Waals surface area (Å²) in [6.45, 7) is 3.42. The lowest BCUT2D eigenvalue weighted by molar-refractivity contribution is 0.395. The molecule has 2 heteroatoms. The van der Waals surface area contributed by atoms with Crippen molar-refractivity contribution in [3.05, 3.63) is 23.2 Å². The molecule has 0 spiro atoms. The first-order chi connectivity index (χ1) is 8.33. The van der Waals surface area contributed by atoms with Crippen LogP contribution in [-0.4, -0.2) is 18.5 Å². The predicted octanol–water partition coefficient (Wildman–Crippen LogP) is 3.77. The predicted molar refractivity (Wildman–Crippen MR) is 73.5 cm³/mol. The van der Waals surface area contributed by atoms with Gasteiger partial charge in [-0.1, -0.05) is 32.3 Å². The third kappa shape index (κ3) is 3.05. The molecule has 0 aliphatic carbocycles. The van der Waals surface area contributed by atoms with Gasteiger partial charge in [0, 0.05) is 37.1 Å². The van der Waals surface area contributed by atoms with E-state index in [9.17, 15) is 0 Å². The van der Waals surface area contributed by atoms with Gasteiger partial charge in [-0.25, -0.2) is 0 Å². The Bertz CT molecular complexity index is 315. The summed E-state index contributed by atoms with van der Waals surface area (Å²) in [7, 11) is 2.22. The summed E-state index contributed by atoms with van der Waals surface area (Å²) in [5.41, 5.74) is 4.56. The first kappa shape index (κ1) is 12.5. The van der Waals surface area contributed by atoms with Crippen LogP contribution in [0.1, 0.15) is 58.3 Å². The van der Waals surface area contributed by atoms with E-state index in [0.717, 1.165) is 13.0 Å². The molecule has 1 saturated heterocycles. The quantitative estimate of drug-likeness (QED) is 0.704. The van der Waals surface area contributed by atoms with Crippen LogP contribution in [-0.2, 0) is 0 Å². The SMILES string of the molecule is CCCCCCNC1=C2CCCC(=CC1)N2C. The Morgan fingerprint density at radius 3 is 2.94 bits per heavy atom. The molecule has 0 aromatic rings. The Balaban J connectivity index is 1.82. The summed E-state index contributed by atoms with van der Waals surface area (Å²) in [6, 6.07) is 0. The molecule has 0 aromatic carbocycles. The van der Waals surface area contributed by atoms with Crippen molar-refractivity contribution in [1.82, 2.24) is 10.2 Å². The Hall–Kier alpha value is -0.920. The van der Waals surface area contributed by atoms with Crippen LogP contribution in [0.4, 0.5) is 0 Å². The fourth-order valence-electron chi connectivity index (χ4n) is 2.84. The smallest absolute Gasteiger partial charge is 0.0368 e. The summed E-state index contributed by atoms with van der Waals surface area (Å²) in [5.74, 6) is 0. The molecular formula is C15H26N2. The number of allylic oxidation sites excluding steroid dienone is 3. The van der Waals surface area contributed by atoms with E-state index in [4.69, 9.17) is 0 Å². The zero-order valence-electron chi connectivity index (χ0n) is 11.4. The molecule has 0 saturated carbocycles. The van der Waals surface area contributed by atoms with E-state index in [0.29, 0.717) is 0 Å². The highest BCUT2D eigenvalue weighted by atomic mass is 15.2. The molecule has 1 fully saturated rings. The van der Waals surface area contributed by atoms with Crippen molar-refractivity contribution in [1.29, 1.82) is 0 Å². The average molecular weight is 234 g/mol. The van der Waals surface area contributed by atoms with Crippen LogP contribution in [0, 0.1) is 0 Å². The van der Waals surface area contributed by atoms with E-state index in [2.05, 4.69) is 30.3 Å². The molecular weight excluding hydrogens is 208 g/mol. The first-order valence-electron chi connectivity index (χ1n) is 7.21. The number of nitrogens with zero attached hydrogens (tertiary/aromatic N) is 1. The molecule has 2 bridgehead atoms. The minimum absolute atomic E-state index is 1.13. The summed E-state index contributed by atoms with van der Waals surface area (Å²) < 4.78 is 0. The van der Waals surface area contributed by atoms with Crippen LogP contribution in [0.5, 0.6) is 0 Å². The van der Waals surface area contributed by atoms with Gasteiger partial charge in [0.25, 0.3) is 0 Å². The van der Waals surface area contributed by atoms with E-state index >= 15 is 0 Å². The third-order valence-corrected chi connectivity index (χ3v) is 3.94. The second-order valence-electron chi connectivity index (χ2n) is 5.22. The highest BCUT2D eigenvalue weighted by Crippen LogP contribution is 2.33. The fourth-order valence-corrected chi connectivity index (χ4v) is 2.84. The normalized spacial score (nSPS) is 19.4. The molecule has 2 rings (SSSR count). The molecule has 0 amide bonds. The van der Waals surface area contributed by atoms with Crippen molar-refractivity contribution in [2.24, 2.45) is 0 Å². The fraction of sp³-hybridized carbons (Fsp3) is 0.733. The summed E-state index contributed by atoms with van der Waals surface area (Å²) in [5, 5.41) is 3.66. The van der Waals surface area contributed by atoms with Crippen LogP contribution in [0.3, 0.4) is 0 Å². The molecule has 0 unspecified atom stereocenters. The molecule has 2 heterocycles. The number of hydrogen-bond acceptors (Lipinski definition) is 2. The van der Waals surface area contributed by atoms with E-state index < -0.39 is 0 Å². The second-order valence-corrected chi connectivity index (χ2v) is 5.22. The minimum atomic E-state index is 1.13. The Labute approximate surface area is 106 Å².